The Bertz CT molecular complexity index is 733. The molecule has 0 saturated heterocycles. The van der Waals surface area contributed by atoms with Crippen LogP contribution >= 0.6 is 0 Å². The van der Waals surface area contributed by atoms with E-state index in [9.17, 15) is 24.6 Å². The van der Waals surface area contributed by atoms with Gasteiger partial charge in [0.1, 0.15) is 11.4 Å². The molecule has 4 aliphatic carbocycles. The van der Waals surface area contributed by atoms with Crippen LogP contribution in [0.5, 0.6) is 0 Å². The summed E-state index contributed by atoms with van der Waals surface area (Å²) in [7, 11) is 0. The number of esters is 1. The normalized spacial score (nSPS) is 49.0. The fourth-order valence-electron chi connectivity index (χ4n) is 7.80. The van der Waals surface area contributed by atoms with Gasteiger partial charge in [0.25, 0.3) is 0 Å². The van der Waals surface area contributed by atoms with Crippen LogP contribution in [0.3, 0.4) is 0 Å². The van der Waals surface area contributed by atoms with Gasteiger partial charge in [-0.15, -0.1) is 0 Å². The molecule has 4 saturated carbocycles. The van der Waals surface area contributed by atoms with Gasteiger partial charge in [0.15, 0.2) is 6.61 Å². The number of Topliss-reactive ketones (excluding diaryl/α,β-unsaturated/α-hetero) is 2. The lowest BCUT2D eigenvalue weighted by molar-refractivity contribution is -0.181. The molecule has 0 aromatic heterocycles. The SMILES string of the molecule is CC(=O)OCC(=O)[C@@]1(O)CC[C@@H]2[C@@H]3CC[C@@H]4C[C@H](O)CC[C@]4(C)[C@H]3C(=O)C[C@@]21C. The minimum atomic E-state index is -1.62. The second-order valence-electron chi connectivity index (χ2n) is 10.6. The molecule has 6 nitrogen and oxygen atoms in total. The van der Waals surface area contributed by atoms with Gasteiger partial charge < -0.3 is 14.9 Å². The highest BCUT2D eigenvalue weighted by Crippen LogP contribution is 2.67. The fraction of sp³-hybridized carbons (Fsp3) is 0.870. The first-order chi connectivity index (χ1) is 13.5. The van der Waals surface area contributed by atoms with Crippen molar-refractivity contribution >= 4 is 17.5 Å². The van der Waals surface area contributed by atoms with Crippen LogP contribution in [0.4, 0.5) is 0 Å². The van der Waals surface area contributed by atoms with Crippen molar-refractivity contribution in [1.29, 1.82) is 0 Å². The van der Waals surface area contributed by atoms with Crippen molar-refractivity contribution in [1.82, 2.24) is 0 Å². The van der Waals surface area contributed by atoms with Gasteiger partial charge in [-0.25, -0.2) is 0 Å². The van der Waals surface area contributed by atoms with E-state index in [0.29, 0.717) is 12.3 Å². The van der Waals surface area contributed by atoms with Crippen LogP contribution in [-0.4, -0.2) is 46.1 Å². The molecule has 8 atom stereocenters. The zero-order valence-electron chi connectivity index (χ0n) is 17.8. The highest BCUT2D eigenvalue weighted by Gasteiger charge is 2.69. The fourth-order valence-corrected chi connectivity index (χ4v) is 7.80. The van der Waals surface area contributed by atoms with E-state index in [1.165, 1.54) is 6.92 Å². The van der Waals surface area contributed by atoms with Crippen LogP contribution in [0, 0.1) is 34.5 Å². The molecule has 6 heteroatoms. The highest BCUT2D eigenvalue weighted by molar-refractivity contribution is 5.93. The summed E-state index contributed by atoms with van der Waals surface area (Å²) >= 11 is 0. The summed E-state index contributed by atoms with van der Waals surface area (Å²) in [6.45, 7) is 4.93. The zero-order valence-corrected chi connectivity index (χ0v) is 17.8. The largest absolute Gasteiger partial charge is 0.458 e. The van der Waals surface area contributed by atoms with E-state index in [1.54, 1.807) is 0 Å². The average molecular weight is 407 g/mol. The van der Waals surface area contributed by atoms with Crippen LogP contribution in [0.25, 0.3) is 0 Å². The maximum atomic E-state index is 13.5. The number of ether oxygens (including phenoxy) is 1. The Morgan fingerprint density at radius 2 is 1.86 bits per heavy atom. The Balaban J connectivity index is 1.63. The maximum Gasteiger partial charge on any atom is 0.303 e. The average Bonchev–Trinajstić information content (AvgIpc) is 2.91. The molecular weight excluding hydrogens is 372 g/mol. The second kappa shape index (κ2) is 6.88. The molecule has 0 bridgehead atoms. The van der Waals surface area contributed by atoms with Crippen LogP contribution in [0.15, 0.2) is 0 Å². The first-order valence-corrected chi connectivity index (χ1v) is 11.1. The highest BCUT2D eigenvalue weighted by atomic mass is 16.5. The van der Waals surface area contributed by atoms with Crippen molar-refractivity contribution in [3.05, 3.63) is 0 Å². The monoisotopic (exact) mass is 406 g/mol. The minimum Gasteiger partial charge on any atom is -0.458 e. The number of hydrogen-bond donors (Lipinski definition) is 2. The first kappa shape index (κ1) is 21.0. The van der Waals surface area contributed by atoms with Gasteiger partial charge in [0, 0.05) is 24.7 Å². The third-order valence-corrected chi connectivity index (χ3v) is 9.35. The van der Waals surface area contributed by atoms with E-state index in [1.807, 2.05) is 6.92 Å². The van der Waals surface area contributed by atoms with Crippen molar-refractivity contribution in [3.63, 3.8) is 0 Å². The van der Waals surface area contributed by atoms with Crippen LogP contribution in [0.1, 0.15) is 72.1 Å². The summed E-state index contributed by atoms with van der Waals surface area (Å²) < 4.78 is 4.88. The molecule has 0 amide bonds. The summed E-state index contributed by atoms with van der Waals surface area (Å²) in [6.07, 6.45) is 5.28. The molecule has 0 aromatic rings. The molecule has 0 heterocycles. The van der Waals surface area contributed by atoms with E-state index < -0.39 is 29.4 Å². The predicted octanol–water partition coefficient (Wildman–Crippen LogP) is 2.43. The van der Waals surface area contributed by atoms with Crippen molar-refractivity contribution in [2.24, 2.45) is 34.5 Å². The summed E-state index contributed by atoms with van der Waals surface area (Å²) in [6, 6.07) is 0. The van der Waals surface area contributed by atoms with Gasteiger partial charge in [-0.3, -0.25) is 14.4 Å². The number of carbonyl (C=O) groups is 3. The Morgan fingerprint density at radius 3 is 2.55 bits per heavy atom. The zero-order chi connectivity index (χ0) is 21.2. The quantitative estimate of drug-likeness (QED) is 0.698. The number of aliphatic hydroxyl groups is 2. The summed E-state index contributed by atoms with van der Waals surface area (Å²) in [5.74, 6) is -0.256. The Morgan fingerprint density at radius 1 is 1.14 bits per heavy atom. The van der Waals surface area contributed by atoms with E-state index >= 15 is 0 Å². The van der Waals surface area contributed by atoms with Gasteiger partial charge >= 0.3 is 5.97 Å². The molecule has 29 heavy (non-hydrogen) atoms. The minimum absolute atomic E-state index is 0.0438. The molecule has 0 aliphatic heterocycles. The maximum absolute atomic E-state index is 13.5. The number of ketones is 2. The molecule has 4 fully saturated rings. The summed E-state index contributed by atoms with van der Waals surface area (Å²) in [5.41, 5.74) is -2.52. The Kier molecular flexibility index (Phi) is 4.97. The number of fused-ring (bicyclic) bond motifs is 5. The van der Waals surface area contributed by atoms with Gasteiger partial charge in [-0.2, -0.15) is 0 Å². The van der Waals surface area contributed by atoms with Crippen LogP contribution < -0.4 is 0 Å². The van der Waals surface area contributed by atoms with Gasteiger partial charge in [-0.1, -0.05) is 13.8 Å². The molecule has 0 aromatic carbocycles. The lowest BCUT2D eigenvalue weighted by Gasteiger charge is -2.60. The van der Waals surface area contributed by atoms with Crippen molar-refractivity contribution in [2.45, 2.75) is 83.8 Å². The van der Waals surface area contributed by atoms with E-state index in [0.717, 1.165) is 38.5 Å². The molecule has 162 valence electrons. The van der Waals surface area contributed by atoms with Crippen molar-refractivity contribution in [2.75, 3.05) is 6.61 Å². The molecule has 4 aliphatic rings. The smallest absolute Gasteiger partial charge is 0.303 e. The first-order valence-electron chi connectivity index (χ1n) is 11.1. The molecular formula is C23H34O6. The van der Waals surface area contributed by atoms with E-state index in [-0.39, 0.29) is 41.5 Å². The topological polar surface area (TPSA) is 101 Å². The van der Waals surface area contributed by atoms with Crippen molar-refractivity contribution in [3.8, 4) is 0 Å². The third kappa shape index (κ3) is 2.93. The Labute approximate surface area is 172 Å². The van der Waals surface area contributed by atoms with Crippen LogP contribution in [0.2, 0.25) is 0 Å². The predicted molar refractivity (Wildman–Crippen MR) is 105 cm³/mol. The summed E-state index contributed by atoms with van der Waals surface area (Å²) in [5, 5.41) is 21.6. The number of rotatable bonds is 3. The lowest BCUT2D eigenvalue weighted by Crippen LogP contribution is -2.62. The van der Waals surface area contributed by atoms with E-state index in [4.69, 9.17) is 4.74 Å². The molecule has 2 N–H and O–H groups in total. The lowest BCUT2D eigenvalue weighted by atomic mass is 9.44. The molecule has 0 radical (unpaired) electrons. The Hall–Kier alpha value is -1.27. The number of hydrogen-bond acceptors (Lipinski definition) is 6. The number of aliphatic hydroxyl groups excluding tert-OH is 1. The van der Waals surface area contributed by atoms with Gasteiger partial charge in [-0.05, 0) is 68.1 Å². The van der Waals surface area contributed by atoms with E-state index in [2.05, 4.69) is 6.92 Å². The van der Waals surface area contributed by atoms with Gasteiger partial charge in [0.2, 0.25) is 5.78 Å². The second-order valence-corrected chi connectivity index (χ2v) is 10.6. The van der Waals surface area contributed by atoms with Gasteiger partial charge in [0.05, 0.1) is 6.10 Å². The molecule has 4 rings (SSSR count). The standard InChI is InChI=1S/C23H34O6/c1-13(24)29-12-19(27)23(28)9-7-17-16-5-4-14-10-15(25)6-8-21(14,2)20(16)18(26)11-22(17,23)3/h14-17,20,25,28H,4-12H2,1-3H3/t14-,15-,16+,17-,20-,21+,22+,23+/m1/s1. The van der Waals surface area contributed by atoms with Crippen LogP contribution in [-0.2, 0) is 19.1 Å². The van der Waals surface area contributed by atoms with Crippen molar-refractivity contribution < 1.29 is 29.3 Å². The number of carbonyl (C=O) groups excluding carboxylic acids is 3. The summed E-state index contributed by atoms with van der Waals surface area (Å²) in [4.78, 5) is 37.5. The molecule has 0 unspecified atom stereocenters. The molecule has 0 spiro atoms. The third-order valence-electron chi connectivity index (χ3n) is 9.35.